The van der Waals surface area contributed by atoms with E-state index in [4.69, 9.17) is 10.5 Å². The van der Waals surface area contributed by atoms with Crippen LogP contribution in [0.3, 0.4) is 0 Å². The van der Waals surface area contributed by atoms with Crippen molar-refractivity contribution in [3.8, 4) is 0 Å². The van der Waals surface area contributed by atoms with Crippen LogP contribution in [0.2, 0.25) is 0 Å². The number of methoxy groups -OCH3 is 1. The summed E-state index contributed by atoms with van der Waals surface area (Å²) in [5.41, 5.74) is 5.78. The maximum absolute atomic E-state index is 12.8. The topological polar surface area (TPSA) is 87.2 Å². The van der Waals surface area contributed by atoms with Crippen LogP contribution in [0.25, 0.3) is 10.9 Å². The SMILES string of the molecule is COC[C@@H](C)n1c(S[C@@H](C)C(N)=O)nc2ccccc2c1=O. The lowest BCUT2D eigenvalue weighted by molar-refractivity contribution is -0.117. The molecule has 2 N–H and O–H groups in total. The first-order valence-electron chi connectivity index (χ1n) is 6.92. The van der Waals surface area contributed by atoms with Gasteiger partial charge in [-0.25, -0.2) is 4.98 Å². The van der Waals surface area contributed by atoms with E-state index < -0.39 is 11.2 Å². The van der Waals surface area contributed by atoms with Crippen LogP contribution in [-0.4, -0.2) is 34.4 Å². The summed E-state index contributed by atoms with van der Waals surface area (Å²) in [6.07, 6.45) is 0. The van der Waals surface area contributed by atoms with Crippen molar-refractivity contribution in [2.45, 2.75) is 30.3 Å². The summed E-state index contributed by atoms with van der Waals surface area (Å²) in [4.78, 5) is 28.6. The Morgan fingerprint density at radius 1 is 1.41 bits per heavy atom. The van der Waals surface area contributed by atoms with Gasteiger partial charge in [0.15, 0.2) is 5.16 Å². The molecule has 2 rings (SSSR count). The Bertz CT molecular complexity index is 744. The smallest absolute Gasteiger partial charge is 0.262 e. The predicted octanol–water partition coefficient (Wildman–Crippen LogP) is 1.57. The number of hydrogen-bond donors (Lipinski definition) is 1. The number of ether oxygens (including phenoxy) is 1. The summed E-state index contributed by atoms with van der Waals surface area (Å²) in [6.45, 7) is 3.94. The number of thioether (sulfide) groups is 1. The van der Waals surface area contributed by atoms with Gasteiger partial charge in [0.25, 0.3) is 5.56 Å². The van der Waals surface area contributed by atoms with Gasteiger partial charge < -0.3 is 10.5 Å². The van der Waals surface area contributed by atoms with Gasteiger partial charge in [0.2, 0.25) is 5.91 Å². The average molecular weight is 321 g/mol. The molecular formula is C15H19N3O3S. The van der Waals surface area contributed by atoms with E-state index in [2.05, 4.69) is 4.98 Å². The summed E-state index contributed by atoms with van der Waals surface area (Å²) in [5, 5.41) is 0.537. The zero-order valence-electron chi connectivity index (χ0n) is 12.8. The quantitative estimate of drug-likeness (QED) is 0.644. The molecule has 0 saturated heterocycles. The Kier molecular flexibility index (Phi) is 5.20. The monoisotopic (exact) mass is 321 g/mol. The minimum Gasteiger partial charge on any atom is -0.383 e. The van der Waals surface area contributed by atoms with Crippen LogP contribution in [0.5, 0.6) is 0 Å². The number of amides is 1. The number of aromatic nitrogens is 2. The minimum atomic E-state index is -0.478. The van der Waals surface area contributed by atoms with Crippen molar-refractivity contribution in [1.82, 2.24) is 9.55 Å². The lowest BCUT2D eigenvalue weighted by atomic mass is 10.2. The summed E-state index contributed by atoms with van der Waals surface area (Å²) in [6, 6.07) is 6.95. The van der Waals surface area contributed by atoms with Gasteiger partial charge in [0.05, 0.1) is 28.8 Å². The van der Waals surface area contributed by atoms with E-state index in [1.54, 1.807) is 36.8 Å². The van der Waals surface area contributed by atoms with E-state index in [0.29, 0.717) is 22.7 Å². The van der Waals surface area contributed by atoms with E-state index in [1.165, 1.54) is 11.8 Å². The van der Waals surface area contributed by atoms with Gasteiger partial charge in [-0.3, -0.25) is 14.2 Å². The van der Waals surface area contributed by atoms with Gasteiger partial charge >= 0.3 is 0 Å². The average Bonchev–Trinajstić information content (AvgIpc) is 2.47. The molecule has 1 aromatic heterocycles. The Morgan fingerprint density at radius 3 is 2.73 bits per heavy atom. The van der Waals surface area contributed by atoms with Crippen LogP contribution in [-0.2, 0) is 9.53 Å². The fourth-order valence-corrected chi connectivity index (χ4v) is 3.09. The largest absolute Gasteiger partial charge is 0.383 e. The third-order valence-electron chi connectivity index (χ3n) is 3.31. The third kappa shape index (κ3) is 3.31. The molecule has 118 valence electrons. The molecule has 0 bridgehead atoms. The number of rotatable bonds is 6. The summed E-state index contributed by atoms with van der Waals surface area (Å²) in [7, 11) is 1.58. The van der Waals surface area contributed by atoms with Crippen LogP contribution >= 0.6 is 11.8 Å². The van der Waals surface area contributed by atoms with E-state index in [1.807, 2.05) is 13.0 Å². The molecule has 1 amide bonds. The fourth-order valence-electron chi connectivity index (χ4n) is 2.13. The molecule has 2 aromatic rings. The number of carbonyl (C=O) groups excluding carboxylic acids is 1. The van der Waals surface area contributed by atoms with Gasteiger partial charge in [0.1, 0.15) is 0 Å². The Balaban J connectivity index is 2.62. The summed E-state index contributed by atoms with van der Waals surface area (Å²) >= 11 is 1.18. The molecule has 0 aliphatic rings. The highest BCUT2D eigenvalue weighted by Gasteiger charge is 2.20. The van der Waals surface area contributed by atoms with Gasteiger partial charge in [0, 0.05) is 7.11 Å². The molecule has 0 aliphatic carbocycles. The molecule has 6 nitrogen and oxygen atoms in total. The second-order valence-corrected chi connectivity index (χ2v) is 6.36. The molecule has 0 aliphatic heterocycles. The van der Waals surface area contributed by atoms with Crippen LogP contribution in [0.1, 0.15) is 19.9 Å². The normalized spacial score (nSPS) is 14.0. The molecule has 1 aromatic carbocycles. The van der Waals surface area contributed by atoms with Crippen molar-refractivity contribution in [1.29, 1.82) is 0 Å². The number of primary amides is 1. The molecule has 2 atom stereocenters. The molecule has 7 heteroatoms. The predicted molar refractivity (Wildman–Crippen MR) is 87.1 cm³/mol. The van der Waals surface area contributed by atoms with Gasteiger partial charge in [-0.05, 0) is 26.0 Å². The van der Waals surface area contributed by atoms with E-state index in [-0.39, 0.29) is 11.6 Å². The maximum Gasteiger partial charge on any atom is 0.262 e. The molecule has 0 saturated carbocycles. The Hall–Kier alpha value is -1.86. The summed E-state index contributed by atoms with van der Waals surface area (Å²) in [5.74, 6) is -0.446. The van der Waals surface area contributed by atoms with Crippen LogP contribution in [0.15, 0.2) is 34.2 Å². The van der Waals surface area contributed by atoms with Crippen molar-refractivity contribution in [2.75, 3.05) is 13.7 Å². The zero-order chi connectivity index (χ0) is 16.3. The second-order valence-electron chi connectivity index (χ2n) is 5.05. The number of nitrogens with zero attached hydrogens (tertiary/aromatic N) is 2. The highest BCUT2D eigenvalue weighted by molar-refractivity contribution is 8.00. The number of nitrogens with two attached hydrogens (primary N) is 1. The fraction of sp³-hybridized carbons (Fsp3) is 0.400. The molecule has 22 heavy (non-hydrogen) atoms. The standard InChI is InChI=1S/C15H19N3O3S/c1-9(8-21-3)18-14(20)11-6-4-5-7-12(11)17-15(18)22-10(2)13(16)19/h4-7,9-10H,8H2,1-3H3,(H2,16,19)/t9-,10+/m1/s1. The molecule has 0 fully saturated rings. The molecule has 1 heterocycles. The van der Waals surface area contributed by atoms with Crippen molar-refractivity contribution >= 4 is 28.6 Å². The number of carbonyl (C=O) groups is 1. The van der Waals surface area contributed by atoms with Crippen LogP contribution in [0, 0.1) is 0 Å². The zero-order valence-corrected chi connectivity index (χ0v) is 13.6. The van der Waals surface area contributed by atoms with Crippen LogP contribution in [0.4, 0.5) is 0 Å². The van der Waals surface area contributed by atoms with Crippen molar-refractivity contribution in [3.63, 3.8) is 0 Å². The Labute approximate surface area is 132 Å². The van der Waals surface area contributed by atoms with Gasteiger partial charge in [-0.1, -0.05) is 23.9 Å². The van der Waals surface area contributed by atoms with Gasteiger partial charge in [-0.2, -0.15) is 0 Å². The molecule has 0 unspecified atom stereocenters. The van der Waals surface area contributed by atoms with Crippen molar-refractivity contribution in [3.05, 3.63) is 34.6 Å². The van der Waals surface area contributed by atoms with Crippen molar-refractivity contribution in [2.24, 2.45) is 5.73 Å². The highest BCUT2D eigenvalue weighted by Crippen LogP contribution is 2.24. The summed E-state index contributed by atoms with van der Waals surface area (Å²) < 4.78 is 6.71. The second kappa shape index (κ2) is 6.93. The first kappa shape index (κ1) is 16.5. The number of fused-ring (bicyclic) bond motifs is 1. The number of para-hydroxylation sites is 1. The molecule has 0 radical (unpaired) electrons. The van der Waals surface area contributed by atoms with E-state index >= 15 is 0 Å². The maximum atomic E-state index is 12.8. The lowest BCUT2D eigenvalue weighted by Crippen LogP contribution is -2.30. The lowest BCUT2D eigenvalue weighted by Gasteiger charge is -2.19. The minimum absolute atomic E-state index is 0.144. The Morgan fingerprint density at radius 2 is 2.09 bits per heavy atom. The van der Waals surface area contributed by atoms with E-state index in [0.717, 1.165) is 0 Å². The molecular weight excluding hydrogens is 302 g/mol. The first-order valence-corrected chi connectivity index (χ1v) is 7.79. The third-order valence-corrected chi connectivity index (χ3v) is 4.39. The van der Waals surface area contributed by atoms with Crippen LogP contribution < -0.4 is 11.3 Å². The van der Waals surface area contributed by atoms with Gasteiger partial charge in [-0.15, -0.1) is 0 Å². The highest BCUT2D eigenvalue weighted by atomic mass is 32.2. The van der Waals surface area contributed by atoms with E-state index in [9.17, 15) is 9.59 Å². The number of hydrogen-bond acceptors (Lipinski definition) is 5. The van der Waals surface area contributed by atoms with Crippen molar-refractivity contribution < 1.29 is 9.53 Å². The first-order chi connectivity index (χ1) is 10.5. The number of benzene rings is 1. The molecule has 0 spiro atoms.